The molecule has 0 spiro atoms. The largest absolute Gasteiger partial charge is 0.482 e. The predicted octanol–water partition coefficient (Wildman–Crippen LogP) is 2.86. The van der Waals surface area contributed by atoms with Crippen molar-refractivity contribution in [2.24, 2.45) is 11.7 Å². The number of thiophene rings is 1. The maximum Gasteiger partial charge on any atom is 0.230 e. The Morgan fingerprint density at radius 3 is 2.57 bits per heavy atom. The van der Waals surface area contributed by atoms with Crippen LogP contribution in [0.2, 0.25) is 0 Å². The van der Waals surface area contributed by atoms with Gasteiger partial charge in [-0.2, -0.15) is 5.26 Å². The summed E-state index contributed by atoms with van der Waals surface area (Å²) in [4.78, 5) is 12.7. The highest BCUT2D eigenvalue weighted by atomic mass is 32.1. The van der Waals surface area contributed by atoms with Crippen molar-refractivity contribution in [2.45, 2.75) is 6.10 Å². The standard InChI is InChI=1S/C16H12N2O2S/c17-9-11-13(16(18)19)15(12-7-4-8-21-12)20-14(11)10-5-2-1-3-6-10/h1-8,13,15H,(H2,18,19)/t13-,15+/m0/s1. The van der Waals surface area contributed by atoms with Gasteiger partial charge >= 0.3 is 0 Å². The van der Waals surface area contributed by atoms with Crippen LogP contribution in [-0.2, 0) is 9.53 Å². The van der Waals surface area contributed by atoms with Gasteiger partial charge in [-0.1, -0.05) is 36.4 Å². The topological polar surface area (TPSA) is 76.1 Å². The fourth-order valence-corrected chi connectivity index (χ4v) is 3.24. The molecule has 2 aromatic rings. The zero-order valence-corrected chi connectivity index (χ0v) is 11.8. The van der Waals surface area contributed by atoms with Crippen LogP contribution in [0, 0.1) is 17.2 Å². The number of rotatable bonds is 3. The second kappa shape index (κ2) is 5.43. The summed E-state index contributed by atoms with van der Waals surface area (Å²) in [6.45, 7) is 0. The SMILES string of the molecule is N#CC1=C(c2ccccc2)O[C@H](c2cccs2)[C@H]1C(N)=O. The Morgan fingerprint density at radius 2 is 2.00 bits per heavy atom. The van der Waals surface area contributed by atoms with Gasteiger partial charge in [0.2, 0.25) is 5.91 Å². The summed E-state index contributed by atoms with van der Waals surface area (Å²) in [7, 11) is 0. The van der Waals surface area contributed by atoms with E-state index >= 15 is 0 Å². The number of benzene rings is 1. The predicted molar refractivity (Wildman–Crippen MR) is 79.8 cm³/mol. The van der Waals surface area contributed by atoms with Crippen LogP contribution in [0.5, 0.6) is 0 Å². The molecule has 104 valence electrons. The minimum atomic E-state index is -0.746. The van der Waals surface area contributed by atoms with Crippen LogP contribution in [0.3, 0.4) is 0 Å². The van der Waals surface area contributed by atoms with Gasteiger partial charge in [-0.05, 0) is 11.4 Å². The van der Waals surface area contributed by atoms with Gasteiger partial charge in [-0.25, -0.2) is 0 Å². The van der Waals surface area contributed by atoms with E-state index in [2.05, 4.69) is 6.07 Å². The van der Waals surface area contributed by atoms with Gasteiger partial charge in [0, 0.05) is 10.4 Å². The van der Waals surface area contributed by atoms with Crippen molar-refractivity contribution in [3.05, 3.63) is 63.9 Å². The summed E-state index contributed by atoms with van der Waals surface area (Å²) < 4.78 is 5.94. The third-order valence-electron chi connectivity index (χ3n) is 3.39. The zero-order valence-electron chi connectivity index (χ0n) is 11.0. The maximum atomic E-state index is 11.8. The number of nitriles is 1. The molecule has 0 saturated carbocycles. The average molecular weight is 296 g/mol. The smallest absolute Gasteiger partial charge is 0.230 e. The van der Waals surface area contributed by atoms with E-state index in [1.807, 2.05) is 47.8 Å². The fourth-order valence-electron chi connectivity index (χ4n) is 2.45. The molecule has 1 aromatic heterocycles. The van der Waals surface area contributed by atoms with Gasteiger partial charge in [0.15, 0.2) is 0 Å². The molecule has 1 aromatic carbocycles. The molecule has 0 fully saturated rings. The van der Waals surface area contributed by atoms with Gasteiger partial charge in [0.1, 0.15) is 17.8 Å². The number of carbonyl (C=O) groups excluding carboxylic acids is 1. The monoisotopic (exact) mass is 296 g/mol. The van der Waals surface area contributed by atoms with E-state index in [0.717, 1.165) is 10.4 Å². The Morgan fingerprint density at radius 1 is 1.24 bits per heavy atom. The normalized spacial score (nSPS) is 20.9. The summed E-state index contributed by atoms with van der Waals surface area (Å²) in [5.74, 6) is -0.847. The summed E-state index contributed by atoms with van der Waals surface area (Å²) in [6.07, 6.45) is -0.521. The molecule has 3 rings (SSSR count). The van der Waals surface area contributed by atoms with E-state index in [1.165, 1.54) is 11.3 Å². The number of nitrogens with two attached hydrogens (primary N) is 1. The molecule has 5 heteroatoms. The Labute approximate surface area is 126 Å². The van der Waals surface area contributed by atoms with E-state index in [0.29, 0.717) is 11.3 Å². The molecule has 0 saturated heterocycles. The number of amides is 1. The molecule has 1 aliphatic rings. The molecule has 1 aliphatic heterocycles. The van der Waals surface area contributed by atoms with Gasteiger partial charge in [-0.15, -0.1) is 11.3 Å². The third kappa shape index (κ3) is 2.30. The molecule has 21 heavy (non-hydrogen) atoms. The second-order valence-electron chi connectivity index (χ2n) is 4.65. The lowest BCUT2D eigenvalue weighted by Crippen LogP contribution is -2.27. The molecule has 0 bridgehead atoms. The maximum absolute atomic E-state index is 11.8. The number of carbonyl (C=O) groups is 1. The van der Waals surface area contributed by atoms with Crippen molar-refractivity contribution in [1.82, 2.24) is 0 Å². The first-order valence-corrected chi connectivity index (χ1v) is 7.29. The summed E-state index contributed by atoms with van der Waals surface area (Å²) in [5, 5.41) is 11.3. The third-order valence-corrected chi connectivity index (χ3v) is 4.32. The van der Waals surface area contributed by atoms with E-state index in [9.17, 15) is 10.1 Å². The lowest BCUT2D eigenvalue weighted by Gasteiger charge is -2.15. The van der Waals surface area contributed by atoms with Crippen LogP contribution in [-0.4, -0.2) is 5.91 Å². The number of hydrogen-bond acceptors (Lipinski definition) is 4. The lowest BCUT2D eigenvalue weighted by atomic mass is 9.93. The first-order chi connectivity index (χ1) is 10.2. The Kier molecular flexibility index (Phi) is 3.46. The van der Waals surface area contributed by atoms with Crippen LogP contribution in [0.1, 0.15) is 16.5 Å². The van der Waals surface area contributed by atoms with Crippen molar-refractivity contribution in [3.8, 4) is 6.07 Å². The second-order valence-corrected chi connectivity index (χ2v) is 5.63. The highest BCUT2D eigenvalue weighted by Crippen LogP contribution is 2.45. The van der Waals surface area contributed by atoms with Gasteiger partial charge in [-0.3, -0.25) is 4.79 Å². The molecule has 0 aliphatic carbocycles. The minimum absolute atomic E-state index is 0.298. The molecule has 2 heterocycles. The van der Waals surface area contributed by atoms with Crippen LogP contribution < -0.4 is 5.73 Å². The molecular weight excluding hydrogens is 284 g/mol. The van der Waals surface area contributed by atoms with Crippen LogP contribution >= 0.6 is 11.3 Å². The van der Waals surface area contributed by atoms with E-state index in [-0.39, 0.29) is 0 Å². The molecule has 4 nitrogen and oxygen atoms in total. The molecule has 2 atom stereocenters. The summed E-state index contributed by atoms with van der Waals surface area (Å²) >= 11 is 1.48. The van der Waals surface area contributed by atoms with Gasteiger partial charge in [0.05, 0.1) is 11.6 Å². The Hall–Kier alpha value is -2.58. The quantitative estimate of drug-likeness (QED) is 0.946. The molecular formula is C16H12N2O2S. The van der Waals surface area contributed by atoms with Crippen molar-refractivity contribution in [2.75, 3.05) is 0 Å². The molecule has 0 unspecified atom stereocenters. The van der Waals surface area contributed by atoms with Gasteiger partial charge in [0.25, 0.3) is 0 Å². The number of nitrogens with zero attached hydrogens (tertiary/aromatic N) is 1. The van der Waals surface area contributed by atoms with Crippen LogP contribution in [0.25, 0.3) is 5.76 Å². The fraction of sp³-hybridized carbons (Fsp3) is 0.125. The summed E-state index contributed by atoms with van der Waals surface area (Å²) in [6, 6.07) is 15.2. The number of hydrogen-bond donors (Lipinski definition) is 1. The highest BCUT2D eigenvalue weighted by Gasteiger charge is 2.42. The van der Waals surface area contributed by atoms with E-state index < -0.39 is 17.9 Å². The molecule has 2 N–H and O–H groups in total. The van der Waals surface area contributed by atoms with Crippen LogP contribution in [0.15, 0.2) is 53.4 Å². The Balaban J connectivity index is 2.09. The molecule has 1 amide bonds. The number of primary amides is 1. The minimum Gasteiger partial charge on any atom is -0.482 e. The van der Waals surface area contributed by atoms with E-state index in [4.69, 9.17) is 10.5 Å². The Bertz CT molecular complexity index is 729. The lowest BCUT2D eigenvalue weighted by molar-refractivity contribution is -0.122. The van der Waals surface area contributed by atoms with E-state index in [1.54, 1.807) is 0 Å². The van der Waals surface area contributed by atoms with Crippen LogP contribution in [0.4, 0.5) is 0 Å². The van der Waals surface area contributed by atoms with Crippen molar-refractivity contribution in [1.29, 1.82) is 5.26 Å². The highest BCUT2D eigenvalue weighted by molar-refractivity contribution is 7.10. The van der Waals surface area contributed by atoms with Crippen molar-refractivity contribution in [3.63, 3.8) is 0 Å². The van der Waals surface area contributed by atoms with Gasteiger partial charge < -0.3 is 10.5 Å². The van der Waals surface area contributed by atoms with Crippen molar-refractivity contribution >= 4 is 23.0 Å². The van der Waals surface area contributed by atoms with Crippen molar-refractivity contribution < 1.29 is 9.53 Å². The first kappa shape index (κ1) is 13.4. The zero-order chi connectivity index (χ0) is 14.8. The average Bonchev–Trinajstić information content (AvgIpc) is 3.14. The number of ether oxygens (including phenoxy) is 1. The first-order valence-electron chi connectivity index (χ1n) is 6.41. The summed E-state index contributed by atoms with van der Waals surface area (Å²) in [5.41, 5.74) is 6.58. The molecule has 0 radical (unpaired) electrons.